The highest BCUT2D eigenvalue weighted by molar-refractivity contribution is 6.01. The molecule has 2 aromatic rings. The molecule has 1 aromatic heterocycles. The number of benzene rings is 1. The number of furan rings is 1. The van der Waals surface area contributed by atoms with Crippen LogP contribution in [-0.4, -0.2) is 35.1 Å². The maximum Gasteiger partial charge on any atom is 0.335 e. The van der Waals surface area contributed by atoms with E-state index in [9.17, 15) is 14.4 Å². The number of likely N-dealkylation sites (N-methyl/N-ethyl adjacent to an activating group) is 1. The molecule has 0 aliphatic carbocycles. The second-order valence-corrected chi connectivity index (χ2v) is 4.86. The number of rotatable bonds is 5. The molecule has 0 saturated carbocycles. The predicted molar refractivity (Wildman–Crippen MR) is 85.7 cm³/mol. The Labute approximate surface area is 141 Å². The van der Waals surface area contributed by atoms with Crippen molar-refractivity contribution < 1.29 is 29.0 Å². The molecule has 0 aliphatic heterocycles. The molecule has 0 atom stereocenters. The first-order valence-corrected chi connectivity index (χ1v) is 6.91. The Balaban J connectivity index is 2.48. The lowest BCUT2D eigenvalue weighted by atomic mass is 10.0. The fraction of sp³-hybridized carbons (Fsp3) is 0.0588. The number of carboxylic acid groups (broad SMARTS) is 2. The van der Waals surface area contributed by atoms with E-state index in [2.05, 4.69) is 5.32 Å². The molecule has 25 heavy (non-hydrogen) atoms. The number of carbonyl (C=O) groups excluding carboxylic acids is 1. The Hall–Kier alpha value is -3.86. The Morgan fingerprint density at radius 3 is 2.20 bits per heavy atom. The lowest BCUT2D eigenvalue weighted by Crippen LogP contribution is -2.18. The molecule has 0 fully saturated rings. The summed E-state index contributed by atoms with van der Waals surface area (Å²) in [4.78, 5) is 33.8. The summed E-state index contributed by atoms with van der Waals surface area (Å²) in [6.45, 7) is 0. The average molecular weight is 340 g/mol. The van der Waals surface area contributed by atoms with E-state index >= 15 is 0 Å². The van der Waals surface area contributed by atoms with Crippen LogP contribution in [0.5, 0.6) is 0 Å². The predicted octanol–water partition coefficient (Wildman–Crippen LogP) is 2.00. The minimum atomic E-state index is -1.28. The van der Waals surface area contributed by atoms with Crippen LogP contribution >= 0.6 is 0 Å². The Kier molecular flexibility index (Phi) is 5.00. The van der Waals surface area contributed by atoms with Crippen molar-refractivity contribution in [3.05, 3.63) is 52.8 Å². The van der Waals surface area contributed by atoms with Gasteiger partial charge < -0.3 is 19.9 Å². The summed E-state index contributed by atoms with van der Waals surface area (Å²) in [5.74, 6) is -2.75. The van der Waals surface area contributed by atoms with E-state index in [1.807, 2.05) is 0 Å². The molecule has 8 nitrogen and oxygen atoms in total. The molecule has 3 N–H and O–H groups in total. The van der Waals surface area contributed by atoms with Gasteiger partial charge in [-0.2, -0.15) is 5.26 Å². The van der Waals surface area contributed by atoms with Gasteiger partial charge in [0.05, 0.1) is 11.1 Å². The van der Waals surface area contributed by atoms with E-state index in [0.29, 0.717) is 0 Å². The molecule has 8 heteroatoms. The Morgan fingerprint density at radius 2 is 1.72 bits per heavy atom. The van der Waals surface area contributed by atoms with E-state index in [4.69, 9.17) is 19.9 Å². The lowest BCUT2D eigenvalue weighted by molar-refractivity contribution is -0.116. The van der Waals surface area contributed by atoms with Crippen molar-refractivity contribution in [2.75, 3.05) is 7.05 Å². The molecule has 0 spiro atoms. The van der Waals surface area contributed by atoms with Crippen molar-refractivity contribution in [1.82, 2.24) is 5.32 Å². The molecule has 0 aliphatic rings. The lowest BCUT2D eigenvalue weighted by Gasteiger charge is -2.03. The normalized spacial score (nSPS) is 10.8. The van der Waals surface area contributed by atoms with E-state index in [1.165, 1.54) is 37.4 Å². The molecular weight excluding hydrogens is 328 g/mol. The molecule has 0 saturated heterocycles. The second-order valence-electron chi connectivity index (χ2n) is 4.86. The number of nitrogens with zero attached hydrogens (tertiary/aromatic N) is 1. The zero-order valence-corrected chi connectivity index (χ0v) is 12.9. The summed E-state index contributed by atoms with van der Waals surface area (Å²) in [6, 6.07) is 8.27. The number of amides is 1. The molecule has 2 rings (SSSR count). The van der Waals surface area contributed by atoms with Crippen molar-refractivity contribution in [2.24, 2.45) is 0 Å². The minimum Gasteiger partial charge on any atom is -0.478 e. The van der Waals surface area contributed by atoms with Crippen LogP contribution < -0.4 is 5.32 Å². The third-order valence-electron chi connectivity index (χ3n) is 3.22. The fourth-order valence-corrected chi connectivity index (χ4v) is 2.03. The second kappa shape index (κ2) is 7.14. The molecular formula is C17H12N2O6. The third-order valence-corrected chi connectivity index (χ3v) is 3.22. The van der Waals surface area contributed by atoms with Gasteiger partial charge >= 0.3 is 11.9 Å². The maximum absolute atomic E-state index is 11.5. The number of nitriles is 1. The zero-order valence-electron chi connectivity index (χ0n) is 12.9. The largest absolute Gasteiger partial charge is 0.478 e. The van der Waals surface area contributed by atoms with Crippen LogP contribution in [0.15, 0.2) is 40.3 Å². The smallest absolute Gasteiger partial charge is 0.335 e. The van der Waals surface area contributed by atoms with Crippen LogP contribution in [0.4, 0.5) is 0 Å². The number of carboxylic acids is 2. The van der Waals surface area contributed by atoms with Crippen molar-refractivity contribution >= 4 is 23.9 Å². The van der Waals surface area contributed by atoms with Crippen LogP contribution in [-0.2, 0) is 4.79 Å². The minimum absolute atomic E-state index is 0.172. The van der Waals surface area contributed by atoms with Gasteiger partial charge in [-0.25, -0.2) is 9.59 Å². The van der Waals surface area contributed by atoms with Crippen molar-refractivity contribution in [1.29, 1.82) is 5.26 Å². The van der Waals surface area contributed by atoms with Gasteiger partial charge in [0.15, 0.2) is 0 Å². The van der Waals surface area contributed by atoms with Gasteiger partial charge in [0.1, 0.15) is 23.2 Å². The van der Waals surface area contributed by atoms with Crippen molar-refractivity contribution in [3.8, 4) is 17.4 Å². The third kappa shape index (κ3) is 3.92. The summed E-state index contributed by atoms with van der Waals surface area (Å²) in [5, 5.41) is 29.5. The number of aromatic carboxylic acids is 2. The van der Waals surface area contributed by atoms with Crippen molar-refractivity contribution in [3.63, 3.8) is 0 Å². The first-order chi connectivity index (χ1) is 11.8. The van der Waals surface area contributed by atoms with Crippen LogP contribution in [0, 0.1) is 11.3 Å². The SMILES string of the molecule is CNC(=O)/C(C#N)=C/c1ccc(-c2cc(C(=O)O)cc(C(=O)O)c2)o1. The van der Waals surface area contributed by atoms with Gasteiger partial charge in [0.2, 0.25) is 0 Å². The van der Waals surface area contributed by atoms with Crippen LogP contribution in [0.3, 0.4) is 0 Å². The maximum atomic E-state index is 11.5. The summed E-state index contributed by atoms with van der Waals surface area (Å²) in [5.41, 5.74) is -0.331. The molecule has 1 heterocycles. The average Bonchev–Trinajstić information content (AvgIpc) is 3.07. The number of nitrogens with one attached hydrogen (secondary N) is 1. The van der Waals surface area contributed by atoms with Crippen LogP contribution in [0.2, 0.25) is 0 Å². The first kappa shape index (κ1) is 17.5. The van der Waals surface area contributed by atoms with E-state index in [1.54, 1.807) is 6.07 Å². The summed E-state index contributed by atoms with van der Waals surface area (Å²) in [6.07, 6.45) is 1.22. The quantitative estimate of drug-likeness (QED) is 0.558. The summed E-state index contributed by atoms with van der Waals surface area (Å²) >= 11 is 0. The van der Waals surface area contributed by atoms with Crippen LogP contribution in [0.25, 0.3) is 17.4 Å². The Morgan fingerprint density at radius 1 is 1.12 bits per heavy atom. The van der Waals surface area contributed by atoms with E-state index in [-0.39, 0.29) is 33.8 Å². The van der Waals surface area contributed by atoms with E-state index < -0.39 is 17.8 Å². The van der Waals surface area contributed by atoms with Gasteiger partial charge in [-0.15, -0.1) is 0 Å². The molecule has 0 radical (unpaired) electrons. The fourth-order valence-electron chi connectivity index (χ4n) is 2.03. The Bertz CT molecular complexity index is 901. The molecule has 1 amide bonds. The molecule has 0 bridgehead atoms. The molecule has 1 aromatic carbocycles. The van der Waals surface area contributed by atoms with Gasteiger partial charge in [-0.05, 0) is 30.3 Å². The highest BCUT2D eigenvalue weighted by atomic mass is 16.4. The van der Waals surface area contributed by atoms with Gasteiger partial charge in [-0.1, -0.05) is 0 Å². The summed E-state index contributed by atoms with van der Waals surface area (Å²) in [7, 11) is 1.38. The summed E-state index contributed by atoms with van der Waals surface area (Å²) < 4.78 is 5.47. The van der Waals surface area contributed by atoms with Gasteiger partial charge in [-0.3, -0.25) is 4.79 Å². The zero-order chi connectivity index (χ0) is 18.6. The highest BCUT2D eigenvalue weighted by Gasteiger charge is 2.15. The van der Waals surface area contributed by atoms with Crippen LogP contribution in [0.1, 0.15) is 26.5 Å². The molecule has 126 valence electrons. The topological polar surface area (TPSA) is 141 Å². The van der Waals surface area contributed by atoms with Gasteiger partial charge in [0, 0.05) is 18.7 Å². The van der Waals surface area contributed by atoms with Crippen molar-refractivity contribution in [2.45, 2.75) is 0 Å². The first-order valence-electron chi connectivity index (χ1n) is 6.91. The van der Waals surface area contributed by atoms with E-state index in [0.717, 1.165) is 6.07 Å². The number of hydrogen-bond donors (Lipinski definition) is 3. The van der Waals surface area contributed by atoms with Gasteiger partial charge in [0.25, 0.3) is 5.91 Å². The standard InChI is InChI=1S/C17H12N2O6/c1-19-15(20)12(8-18)7-13-2-3-14(25-13)9-4-10(16(21)22)6-11(5-9)17(23)24/h2-7H,1H3,(H,19,20)(H,21,22)(H,23,24)/b12-7+. The monoisotopic (exact) mass is 340 g/mol. The number of carbonyl (C=O) groups is 3. The molecule has 0 unspecified atom stereocenters. The number of hydrogen-bond acceptors (Lipinski definition) is 5. The highest BCUT2D eigenvalue weighted by Crippen LogP contribution is 2.26.